The number of rotatable bonds is 15. The molecule has 0 saturated carbocycles. The number of aromatic nitrogens is 2. The van der Waals surface area contributed by atoms with Gasteiger partial charge in [0.1, 0.15) is 18.2 Å². The molecule has 4 rings (SSSR count). The Morgan fingerprint density at radius 1 is 1.10 bits per heavy atom. The lowest BCUT2D eigenvalue weighted by Crippen LogP contribution is -2.48. The number of benzene rings is 1. The summed E-state index contributed by atoms with van der Waals surface area (Å²) in [6, 6.07) is 3.20. The van der Waals surface area contributed by atoms with E-state index in [4.69, 9.17) is 9.72 Å². The fourth-order valence-corrected chi connectivity index (χ4v) is 7.07. The molecular formula is C34H51FN4O3. The average Bonchev–Trinajstić information content (AvgIpc) is 3.00. The van der Waals surface area contributed by atoms with Crippen molar-refractivity contribution in [2.24, 2.45) is 5.92 Å². The number of aromatic amines is 1. The first kappa shape index (κ1) is 32.2. The van der Waals surface area contributed by atoms with Crippen LogP contribution in [0.15, 0.2) is 16.9 Å². The van der Waals surface area contributed by atoms with Gasteiger partial charge < -0.3 is 9.64 Å². The summed E-state index contributed by atoms with van der Waals surface area (Å²) in [6.07, 6.45) is 11.4. The fraction of sp³-hybridized carbons (Fsp3) is 0.676. The topological polar surface area (TPSA) is 78.5 Å². The van der Waals surface area contributed by atoms with E-state index in [9.17, 15) is 9.59 Å². The normalized spacial score (nSPS) is 17.2. The Labute approximate surface area is 251 Å². The quantitative estimate of drug-likeness (QED) is 0.192. The van der Waals surface area contributed by atoms with Gasteiger partial charge in [0, 0.05) is 47.8 Å². The van der Waals surface area contributed by atoms with Gasteiger partial charge in [-0.1, -0.05) is 47.0 Å². The molecule has 232 valence electrons. The van der Waals surface area contributed by atoms with Crippen molar-refractivity contribution in [1.29, 1.82) is 0 Å². The minimum atomic E-state index is -0.490. The van der Waals surface area contributed by atoms with E-state index in [0.717, 1.165) is 75.7 Å². The van der Waals surface area contributed by atoms with E-state index >= 15 is 4.39 Å². The molecule has 42 heavy (non-hydrogen) atoms. The van der Waals surface area contributed by atoms with Crippen molar-refractivity contribution in [3.63, 3.8) is 0 Å². The van der Waals surface area contributed by atoms with Crippen LogP contribution >= 0.6 is 0 Å². The van der Waals surface area contributed by atoms with E-state index in [1.54, 1.807) is 6.07 Å². The van der Waals surface area contributed by atoms with Gasteiger partial charge in [-0.25, -0.2) is 9.37 Å². The molecule has 1 N–H and O–H groups in total. The molecule has 1 atom stereocenters. The van der Waals surface area contributed by atoms with E-state index < -0.39 is 5.41 Å². The molecule has 1 fully saturated rings. The highest BCUT2D eigenvalue weighted by atomic mass is 19.1. The number of halogens is 1. The van der Waals surface area contributed by atoms with Gasteiger partial charge in [0.05, 0.1) is 5.69 Å². The first-order valence-corrected chi connectivity index (χ1v) is 16.4. The molecule has 1 aliphatic carbocycles. The highest BCUT2D eigenvalue weighted by Crippen LogP contribution is 2.46. The third kappa shape index (κ3) is 7.24. The van der Waals surface area contributed by atoms with Crippen LogP contribution in [0.5, 0.6) is 5.75 Å². The first-order valence-electron chi connectivity index (χ1n) is 16.4. The second-order valence-electron chi connectivity index (χ2n) is 12.4. The van der Waals surface area contributed by atoms with Crippen molar-refractivity contribution in [2.45, 2.75) is 104 Å². The number of anilines is 1. The molecule has 2 aromatic rings. The molecule has 0 spiro atoms. The second-order valence-corrected chi connectivity index (χ2v) is 12.4. The van der Waals surface area contributed by atoms with Crippen molar-refractivity contribution >= 4 is 12.2 Å². The molecule has 1 aromatic carbocycles. The van der Waals surface area contributed by atoms with Crippen molar-refractivity contribution < 1.29 is 13.9 Å². The Balaban J connectivity index is 1.51. The van der Waals surface area contributed by atoms with Crippen molar-refractivity contribution in [3.05, 3.63) is 50.7 Å². The van der Waals surface area contributed by atoms with Gasteiger partial charge in [-0.2, -0.15) is 0 Å². The highest BCUT2D eigenvalue weighted by molar-refractivity contribution is 5.79. The van der Waals surface area contributed by atoms with Crippen LogP contribution in [0.3, 0.4) is 0 Å². The van der Waals surface area contributed by atoms with Crippen molar-refractivity contribution in [1.82, 2.24) is 14.9 Å². The number of ether oxygens (including phenoxy) is 1. The molecule has 1 aromatic heterocycles. The summed E-state index contributed by atoms with van der Waals surface area (Å²) in [5, 5.41) is 0. The van der Waals surface area contributed by atoms with Crippen LogP contribution in [0.4, 0.5) is 10.3 Å². The smallest absolute Gasteiger partial charge is 0.255 e. The largest absolute Gasteiger partial charge is 0.492 e. The number of unbranched alkanes of at least 4 members (excludes halogenated alkanes) is 2. The number of nitrogens with one attached hydrogen (secondary N) is 1. The predicted octanol–water partition coefficient (Wildman–Crippen LogP) is 6.47. The molecule has 8 heteroatoms. The van der Waals surface area contributed by atoms with Crippen LogP contribution in [0.1, 0.15) is 113 Å². The fourth-order valence-electron chi connectivity index (χ4n) is 7.07. The summed E-state index contributed by atoms with van der Waals surface area (Å²) >= 11 is 0. The van der Waals surface area contributed by atoms with Crippen LogP contribution in [0.25, 0.3) is 0 Å². The lowest BCUT2D eigenvalue weighted by Gasteiger charge is -2.46. The van der Waals surface area contributed by atoms with Gasteiger partial charge in [0.15, 0.2) is 6.29 Å². The Morgan fingerprint density at radius 2 is 1.86 bits per heavy atom. The molecule has 0 amide bonds. The maximum Gasteiger partial charge on any atom is 0.255 e. The van der Waals surface area contributed by atoms with Gasteiger partial charge in [0.25, 0.3) is 5.56 Å². The summed E-state index contributed by atoms with van der Waals surface area (Å²) in [5.41, 5.74) is 2.12. The average molecular weight is 583 g/mol. The zero-order valence-electron chi connectivity index (χ0n) is 26.3. The number of piperidine rings is 1. The lowest BCUT2D eigenvalue weighted by molar-refractivity contribution is 0.111. The summed E-state index contributed by atoms with van der Waals surface area (Å²) in [6.45, 7) is 13.2. The number of hydrogen-bond acceptors (Lipinski definition) is 6. The monoisotopic (exact) mass is 582 g/mol. The number of carbonyl (C=O) groups excluding carboxylic acids is 1. The van der Waals surface area contributed by atoms with Gasteiger partial charge in [-0.3, -0.25) is 19.5 Å². The molecule has 2 heterocycles. The number of carbonyl (C=O) groups is 1. The predicted molar refractivity (Wildman–Crippen MR) is 168 cm³/mol. The van der Waals surface area contributed by atoms with Crippen molar-refractivity contribution in [3.8, 4) is 5.75 Å². The Kier molecular flexibility index (Phi) is 11.6. The minimum Gasteiger partial charge on any atom is -0.492 e. The van der Waals surface area contributed by atoms with Crippen molar-refractivity contribution in [2.75, 3.05) is 44.2 Å². The van der Waals surface area contributed by atoms with Gasteiger partial charge in [-0.15, -0.1) is 0 Å². The third-order valence-corrected chi connectivity index (χ3v) is 9.70. The number of fused-ring (bicyclic) bond motifs is 1. The van der Waals surface area contributed by atoms with Crippen LogP contribution in [0.2, 0.25) is 0 Å². The molecular weight excluding hydrogens is 531 g/mol. The van der Waals surface area contributed by atoms with Gasteiger partial charge >= 0.3 is 0 Å². The standard InChI is InChI=1S/C34H51FN4O3/c1-5-8-11-17-38(16-6-2)20-21-42-27-22-26(24-40)31(29(35)23-27)34(25(4)7-3)14-18-39(19-15-34)33-36-30-13-10-9-12-28(30)32(41)37-33/h22-25H,5-21H2,1-4H3,(H,36,37,41). The van der Waals surface area contributed by atoms with E-state index in [1.807, 2.05) is 0 Å². The first-order chi connectivity index (χ1) is 20.4. The number of hydrogen-bond donors (Lipinski definition) is 1. The lowest BCUT2D eigenvalue weighted by atomic mass is 9.63. The Hall–Kier alpha value is -2.74. The molecule has 2 aliphatic rings. The zero-order valence-corrected chi connectivity index (χ0v) is 26.3. The van der Waals surface area contributed by atoms with E-state index in [0.29, 0.717) is 55.4 Å². The molecule has 0 radical (unpaired) electrons. The van der Waals surface area contributed by atoms with E-state index in [2.05, 4.69) is 42.5 Å². The maximum absolute atomic E-state index is 16.1. The summed E-state index contributed by atoms with van der Waals surface area (Å²) in [4.78, 5) is 37.6. The second kappa shape index (κ2) is 15.1. The third-order valence-electron chi connectivity index (χ3n) is 9.70. The highest BCUT2D eigenvalue weighted by Gasteiger charge is 2.44. The minimum absolute atomic E-state index is 0.0305. The number of nitrogens with zero attached hydrogens (tertiary/aromatic N) is 3. The Morgan fingerprint density at radius 3 is 2.55 bits per heavy atom. The summed E-state index contributed by atoms with van der Waals surface area (Å²) in [5.74, 6) is 0.832. The van der Waals surface area contributed by atoms with Crippen LogP contribution in [-0.2, 0) is 18.3 Å². The zero-order chi connectivity index (χ0) is 30.1. The molecule has 1 saturated heterocycles. The maximum atomic E-state index is 16.1. The van der Waals surface area contributed by atoms with Crippen LogP contribution < -0.4 is 15.2 Å². The number of aryl methyl sites for hydroxylation is 1. The summed E-state index contributed by atoms with van der Waals surface area (Å²) in [7, 11) is 0. The van der Waals surface area contributed by atoms with E-state index in [-0.39, 0.29) is 17.3 Å². The molecule has 0 bridgehead atoms. The number of aldehydes is 1. The summed E-state index contributed by atoms with van der Waals surface area (Å²) < 4.78 is 22.1. The molecule has 7 nitrogen and oxygen atoms in total. The number of H-pyrrole nitrogens is 1. The van der Waals surface area contributed by atoms with Gasteiger partial charge in [-0.05, 0) is 76.4 Å². The molecule has 1 aliphatic heterocycles. The van der Waals surface area contributed by atoms with E-state index in [1.165, 1.54) is 25.3 Å². The molecule has 1 unspecified atom stereocenters. The van der Waals surface area contributed by atoms with Crippen LogP contribution in [0, 0.1) is 11.7 Å². The SMILES string of the molecule is CCCCCN(CCC)CCOc1cc(F)c(C2(C(C)CC)CCN(c3nc4c(c(=O)[nH]3)CCCC4)CC2)c(C=O)c1. The van der Waals surface area contributed by atoms with Gasteiger partial charge in [0.2, 0.25) is 5.95 Å². The van der Waals surface area contributed by atoms with Crippen LogP contribution in [-0.4, -0.2) is 60.5 Å². The Bertz CT molecular complexity index is 1240.